The first-order chi connectivity index (χ1) is 24.8. The van der Waals surface area contributed by atoms with Crippen molar-refractivity contribution in [1.82, 2.24) is 0 Å². The Morgan fingerprint density at radius 1 is 0.240 bits per heavy atom. The molecule has 0 saturated carbocycles. The van der Waals surface area contributed by atoms with E-state index in [1.807, 2.05) is 62.8 Å². The van der Waals surface area contributed by atoms with Gasteiger partial charge in [-0.2, -0.15) is 0 Å². The van der Waals surface area contributed by atoms with Crippen molar-refractivity contribution >= 4 is 62.8 Å². The third-order valence-electron chi connectivity index (χ3n) is 8.50. The summed E-state index contributed by atoms with van der Waals surface area (Å²) in [7, 11) is 11.2. The van der Waals surface area contributed by atoms with Crippen LogP contribution < -0.4 is 0 Å². The van der Waals surface area contributed by atoms with Gasteiger partial charge in [0, 0.05) is 9.79 Å². The molecule has 7 aromatic rings. The lowest BCUT2D eigenvalue weighted by atomic mass is 9.84. The average molecular weight is 755 g/mol. The summed E-state index contributed by atoms with van der Waals surface area (Å²) >= 11 is 0. The third-order valence-corrected chi connectivity index (χ3v) is 17.7. The van der Waals surface area contributed by atoms with E-state index in [0.29, 0.717) is 0 Å². The molecule has 0 atom stereocenters. The molecule has 0 heterocycles. The molecule has 0 bridgehead atoms. The Bertz CT molecular complexity index is 1700. The van der Waals surface area contributed by atoms with Crippen LogP contribution in [0.25, 0.3) is 0 Å². The first kappa shape index (κ1) is 35.1. The van der Waals surface area contributed by atoms with Gasteiger partial charge in [0.25, 0.3) is 0 Å². The first-order valence-electron chi connectivity index (χ1n) is 16.3. The molecule has 0 N–H and O–H groups in total. The number of benzene rings is 7. The average Bonchev–Trinajstić information content (AvgIpc) is 3.21. The molecule has 0 unspecified atom stereocenters. The highest BCUT2D eigenvalue weighted by Crippen LogP contribution is 2.61. The molecule has 0 nitrogen and oxygen atoms in total. The van der Waals surface area contributed by atoms with Gasteiger partial charge in [0.2, 0.25) is 0 Å². The highest BCUT2D eigenvalue weighted by atomic mass is 33.5. The van der Waals surface area contributed by atoms with E-state index in [2.05, 4.69) is 206 Å². The zero-order valence-corrected chi connectivity index (χ0v) is 32.0. The van der Waals surface area contributed by atoms with E-state index in [0.717, 1.165) is 0 Å². The van der Waals surface area contributed by atoms with Crippen LogP contribution in [0.5, 0.6) is 0 Å². The SMILES string of the molecule is c1ccc(C(SSSc2ccccc2SSSC(c2ccccc2)(c2ccccc2)c2ccccc2)(c2ccccc2)c2ccccc2)cc1. The monoisotopic (exact) mass is 754 g/mol. The van der Waals surface area contributed by atoms with E-state index in [9.17, 15) is 0 Å². The van der Waals surface area contributed by atoms with E-state index in [-0.39, 0.29) is 9.49 Å². The van der Waals surface area contributed by atoms with Gasteiger partial charge in [-0.1, -0.05) is 216 Å². The van der Waals surface area contributed by atoms with Gasteiger partial charge in [-0.15, -0.1) is 0 Å². The molecule has 6 heteroatoms. The minimum Gasteiger partial charge on any atom is -0.0622 e. The van der Waals surface area contributed by atoms with Crippen LogP contribution in [-0.4, -0.2) is 0 Å². The van der Waals surface area contributed by atoms with Gasteiger partial charge in [0.1, 0.15) is 9.49 Å². The molecule has 0 saturated heterocycles. The summed E-state index contributed by atoms with van der Waals surface area (Å²) in [6.07, 6.45) is 0. The summed E-state index contributed by atoms with van der Waals surface area (Å²) in [6, 6.07) is 74.3. The van der Waals surface area contributed by atoms with Crippen LogP contribution in [0, 0.1) is 0 Å². The van der Waals surface area contributed by atoms with Gasteiger partial charge < -0.3 is 0 Å². The minimum atomic E-state index is -0.380. The predicted molar refractivity (Wildman–Crippen MR) is 227 cm³/mol. The maximum atomic E-state index is 2.26. The molecule has 50 heavy (non-hydrogen) atoms. The van der Waals surface area contributed by atoms with Crippen molar-refractivity contribution in [2.45, 2.75) is 19.3 Å². The molecule has 0 aliphatic carbocycles. The lowest BCUT2D eigenvalue weighted by Gasteiger charge is -2.34. The first-order valence-corrected chi connectivity index (χ1v) is 23.2. The molecule has 7 aromatic carbocycles. The van der Waals surface area contributed by atoms with Crippen LogP contribution in [0.4, 0.5) is 0 Å². The molecule has 0 aliphatic heterocycles. The van der Waals surface area contributed by atoms with Crippen molar-refractivity contribution in [3.05, 3.63) is 240 Å². The summed E-state index contributed by atoms with van der Waals surface area (Å²) in [5, 5.41) is 0. The van der Waals surface area contributed by atoms with Gasteiger partial charge in [0.05, 0.1) is 0 Å². The van der Waals surface area contributed by atoms with Crippen LogP contribution in [-0.2, 0) is 9.49 Å². The van der Waals surface area contributed by atoms with Crippen molar-refractivity contribution < 1.29 is 0 Å². The Balaban J connectivity index is 1.16. The number of hydrogen-bond donors (Lipinski definition) is 0. The van der Waals surface area contributed by atoms with Gasteiger partial charge in [-0.25, -0.2) is 0 Å². The predicted octanol–water partition coefficient (Wildman–Crippen LogP) is 14.4. The van der Waals surface area contributed by atoms with Crippen molar-refractivity contribution in [3.63, 3.8) is 0 Å². The lowest BCUT2D eigenvalue weighted by Crippen LogP contribution is -2.24. The maximum Gasteiger partial charge on any atom is 0.102 e. The highest BCUT2D eigenvalue weighted by molar-refractivity contribution is 9.10. The molecule has 0 aromatic heterocycles. The highest BCUT2D eigenvalue weighted by Gasteiger charge is 2.39. The van der Waals surface area contributed by atoms with E-state index in [4.69, 9.17) is 0 Å². The fourth-order valence-corrected chi connectivity index (χ4v) is 16.7. The van der Waals surface area contributed by atoms with Gasteiger partial charge in [0.15, 0.2) is 0 Å². The molecule has 0 radical (unpaired) electrons. The lowest BCUT2D eigenvalue weighted by molar-refractivity contribution is 0.903. The summed E-state index contributed by atoms with van der Waals surface area (Å²) in [6.45, 7) is 0. The fraction of sp³-hybridized carbons (Fsp3) is 0.0455. The molecular formula is C44H34S6. The number of rotatable bonds is 14. The van der Waals surface area contributed by atoms with Crippen molar-refractivity contribution in [3.8, 4) is 0 Å². The Hall–Kier alpha value is -3.36. The van der Waals surface area contributed by atoms with E-state index >= 15 is 0 Å². The van der Waals surface area contributed by atoms with E-state index in [1.165, 1.54) is 43.2 Å². The van der Waals surface area contributed by atoms with Crippen molar-refractivity contribution in [1.29, 1.82) is 0 Å². The summed E-state index contributed by atoms with van der Waals surface area (Å²) in [5.74, 6) is 0. The zero-order valence-electron chi connectivity index (χ0n) is 27.1. The zero-order chi connectivity index (χ0) is 33.9. The van der Waals surface area contributed by atoms with Crippen molar-refractivity contribution in [2.75, 3.05) is 0 Å². The molecule has 0 spiro atoms. The van der Waals surface area contributed by atoms with Crippen LogP contribution in [0.15, 0.2) is 216 Å². The summed E-state index contributed by atoms with van der Waals surface area (Å²) < 4.78 is -0.760. The molecule has 7 rings (SSSR count). The Morgan fingerprint density at radius 3 is 0.660 bits per heavy atom. The minimum absolute atomic E-state index is 0.380. The van der Waals surface area contributed by atoms with Gasteiger partial charge in [-0.05, 0) is 86.8 Å². The topological polar surface area (TPSA) is 0 Å². The maximum absolute atomic E-state index is 2.26. The quantitative estimate of drug-likeness (QED) is 0.0795. The van der Waals surface area contributed by atoms with E-state index < -0.39 is 0 Å². The standard InChI is InChI=1S/C44H34S6/c1-7-21-35(22-8-1)43(36-23-9-2-10-24-36,37-25-11-3-12-26-37)47-49-45-41-33-19-20-34-42(41)46-50-48-44(38-27-13-4-14-28-38,39-29-15-5-16-30-39)40-31-17-6-18-32-40/h1-34H. The van der Waals surface area contributed by atoms with Gasteiger partial charge in [-0.3, -0.25) is 0 Å². The summed E-state index contributed by atoms with van der Waals surface area (Å²) in [4.78, 5) is 2.52. The van der Waals surface area contributed by atoms with Crippen LogP contribution in [0.1, 0.15) is 33.4 Å². The second-order valence-electron chi connectivity index (χ2n) is 11.5. The van der Waals surface area contributed by atoms with Crippen LogP contribution >= 0.6 is 62.8 Å². The molecule has 246 valence electrons. The number of hydrogen-bond acceptors (Lipinski definition) is 6. The molecule has 0 amide bonds. The van der Waals surface area contributed by atoms with Gasteiger partial charge >= 0.3 is 0 Å². The third kappa shape index (κ3) is 7.62. The second kappa shape index (κ2) is 17.2. The van der Waals surface area contributed by atoms with Crippen LogP contribution in [0.2, 0.25) is 0 Å². The van der Waals surface area contributed by atoms with Crippen molar-refractivity contribution in [2.24, 2.45) is 0 Å². The largest absolute Gasteiger partial charge is 0.102 e. The fourth-order valence-electron chi connectivity index (χ4n) is 6.12. The smallest absolute Gasteiger partial charge is 0.0622 e. The second-order valence-corrected chi connectivity index (χ2v) is 19.8. The van der Waals surface area contributed by atoms with Crippen LogP contribution in [0.3, 0.4) is 0 Å². The Kier molecular flexibility index (Phi) is 12.1. The molecule has 0 aliphatic rings. The Labute approximate surface area is 319 Å². The molecule has 0 fully saturated rings. The summed E-state index contributed by atoms with van der Waals surface area (Å²) in [5.41, 5.74) is 7.61. The molecular weight excluding hydrogens is 721 g/mol. The normalized spacial score (nSPS) is 11.7. The van der Waals surface area contributed by atoms with E-state index in [1.54, 1.807) is 0 Å². The Morgan fingerprint density at radius 2 is 0.440 bits per heavy atom.